The minimum Gasteiger partial charge on any atom is -0.454 e. The van der Waals surface area contributed by atoms with Gasteiger partial charge in [0.2, 0.25) is 0 Å². The van der Waals surface area contributed by atoms with Crippen molar-refractivity contribution < 1.29 is 14.3 Å². The number of fused-ring (bicyclic) bond motifs is 5. The lowest BCUT2D eigenvalue weighted by Gasteiger charge is -2.59. The fraction of sp³-hybridized carbons (Fsp3) is 0.484. The summed E-state index contributed by atoms with van der Waals surface area (Å²) in [6.45, 7) is 4.64. The van der Waals surface area contributed by atoms with E-state index in [9.17, 15) is 9.59 Å². The highest BCUT2D eigenvalue weighted by molar-refractivity contribution is 8.00. The molecule has 3 saturated carbocycles. The quantitative estimate of drug-likeness (QED) is 0.456. The van der Waals surface area contributed by atoms with Crippen molar-refractivity contribution in [2.45, 2.75) is 68.9 Å². The normalized spacial score (nSPS) is 36.4. The predicted molar refractivity (Wildman–Crippen MR) is 139 cm³/mol. The van der Waals surface area contributed by atoms with E-state index in [1.807, 2.05) is 42.1 Å². The van der Waals surface area contributed by atoms with Gasteiger partial charge in [0, 0.05) is 28.4 Å². The first kappa shape index (κ1) is 23.1. The lowest BCUT2D eigenvalue weighted by atomic mass is 9.47. The van der Waals surface area contributed by atoms with E-state index in [0.29, 0.717) is 41.0 Å². The molecule has 0 spiro atoms. The second-order valence-corrected chi connectivity index (χ2v) is 12.8. The van der Waals surface area contributed by atoms with Crippen molar-refractivity contribution in [2.75, 3.05) is 0 Å². The van der Waals surface area contributed by atoms with E-state index in [-0.39, 0.29) is 16.6 Å². The first-order valence-corrected chi connectivity index (χ1v) is 14.0. The number of Topliss-reactive ketones (excluding diaryl/α,β-unsaturated/α-hetero) is 2. The molecule has 0 N–H and O–H groups in total. The zero-order valence-electron chi connectivity index (χ0n) is 20.7. The minimum atomic E-state index is -0.178. The summed E-state index contributed by atoms with van der Waals surface area (Å²) in [7, 11) is 0. The Kier molecular flexibility index (Phi) is 5.71. The topological polar surface area (TPSA) is 43.4 Å². The number of ketones is 2. The molecular weight excluding hydrogens is 452 g/mol. The van der Waals surface area contributed by atoms with Crippen molar-refractivity contribution in [2.24, 2.45) is 28.6 Å². The molecule has 0 aliphatic heterocycles. The van der Waals surface area contributed by atoms with Gasteiger partial charge in [-0.15, -0.1) is 11.8 Å². The molecule has 182 valence electrons. The predicted octanol–water partition coefficient (Wildman–Crippen LogP) is 7.26. The van der Waals surface area contributed by atoms with Crippen LogP contribution in [-0.4, -0.2) is 16.8 Å². The van der Waals surface area contributed by atoms with E-state index < -0.39 is 0 Å². The summed E-state index contributed by atoms with van der Waals surface area (Å²) in [5.74, 6) is 3.33. The van der Waals surface area contributed by atoms with E-state index in [2.05, 4.69) is 44.2 Å². The summed E-state index contributed by atoms with van der Waals surface area (Å²) in [5.41, 5.74) is 0.992. The summed E-state index contributed by atoms with van der Waals surface area (Å²) < 4.78 is 6.37. The third-order valence-electron chi connectivity index (χ3n) is 9.78. The van der Waals surface area contributed by atoms with Crippen molar-refractivity contribution in [3.8, 4) is 5.75 Å². The molecule has 2 aromatic carbocycles. The summed E-state index contributed by atoms with van der Waals surface area (Å²) in [4.78, 5) is 27.6. The molecule has 0 aromatic heterocycles. The van der Waals surface area contributed by atoms with Crippen LogP contribution < -0.4 is 4.74 Å². The molecule has 0 bridgehead atoms. The van der Waals surface area contributed by atoms with Gasteiger partial charge < -0.3 is 4.74 Å². The molecule has 4 aliphatic carbocycles. The Bertz CT molecular complexity index is 1170. The van der Waals surface area contributed by atoms with Gasteiger partial charge in [0.05, 0.1) is 0 Å². The fourth-order valence-electron chi connectivity index (χ4n) is 7.89. The third-order valence-corrected chi connectivity index (χ3v) is 11.1. The molecule has 0 amide bonds. The average Bonchev–Trinajstić information content (AvgIpc) is 3.18. The van der Waals surface area contributed by atoms with Crippen LogP contribution in [0.15, 0.2) is 76.9 Å². The van der Waals surface area contributed by atoms with Crippen LogP contribution in [0.5, 0.6) is 5.75 Å². The maximum atomic E-state index is 13.3. The third kappa shape index (κ3) is 3.71. The molecule has 4 heteroatoms. The highest BCUT2D eigenvalue weighted by Crippen LogP contribution is 2.67. The molecule has 6 unspecified atom stereocenters. The molecule has 6 atom stereocenters. The molecule has 0 saturated heterocycles. The second-order valence-electron chi connectivity index (χ2n) is 11.4. The number of carbonyl (C=O) groups is 2. The van der Waals surface area contributed by atoms with E-state index in [4.69, 9.17) is 4.74 Å². The Morgan fingerprint density at radius 1 is 0.829 bits per heavy atom. The molecule has 0 radical (unpaired) electrons. The van der Waals surface area contributed by atoms with Crippen LogP contribution in [0.25, 0.3) is 0 Å². The number of hydrogen-bond acceptors (Lipinski definition) is 4. The van der Waals surface area contributed by atoms with Gasteiger partial charge in [-0.3, -0.25) is 9.59 Å². The van der Waals surface area contributed by atoms with Crippen LogP contribution in [0.3, 0.4) is 0 Å². The summed E-state index contributed by atoms with van der Waals surface area (Å²) in [6.07, 6.45) is 6.07. The Morgan fingerprint density at radius 3 is 2.26 bits per heavy atom. The Labute approximate surface area is 212 Å². The van der Waals surface area contributed by atoms with E-state index in [1.54, 1.807) is 0 Å². The molecule has 3 nitrogen and oxygen atoms in total. The van der Waals surface area contributed by atoms with Gasteiger partial charge in [-0.1, -0.05) is 50.2 Å². The lowest BCUT2D eigenvalue weighted by Crippen LogP contribution is -2.55. The number of para-hydroxylation sites is 1. The van der Waals surface area contributed by atoms with Crippen molar-refractivity contribution in [1.29, 1.82) is 0 Å². The molecule has 3 fully saturated rings. The van der Waals surface area contributed by atoms with Crippen LogP contribution >= 0.6 is 11.8 Å². The Balaban J connectivity index is 1.45. The number of rotatable bonds is 4. The van der Waals surface area contributed by atoms with Gasteiger partial charge in [0.15, 0.2) is 11.5 Å². The SMILES string of the molecule is CC12CCC3C(C(Sc4ccccc4)CC4=C(Oc5ccccc5)C(=O)CCC43C)C1CCC2=O. The zero-order valence-corrected chi connectivity index (χ0v) is 21.5. The van der Waals surface area contributed by atoms with Crippen LogP contribution in [0, 0.1) is 28.6 Å². The van der Waals surface area contributed by atoms with Crippen molar-refractivity contribution in [3.05, 3.63) is 72.0 Å². The van der Waals surface area contributed by atoms with Gasteiger partial charge in [0.1, 0.15) is 11.5 Å². The number of benzene rings is 2. The molecule has 6 rings (SSSR count). The van der Waals surface area contributed by atoms with Crippen molar-refractivity contribution in [3.63, 3.8) is 0 Å². The van der Waals surface area contributed by atoms with Crippen molar-refractivity contribution >= 4 is 23.3 Å². The summed E-state index contributed by atoms with van der Waals surface area (Å²) >= 11 is 1.95. The maximum absolute atomic E-state index is 13.3. The molecule has 2 aromatic rings. The smallest absolute Gasteiger partial charge is 0.198 e. The van der Waals surface area contributed by atoms with Crippen LogP contribution in [-0.2, 0) is 9.59 Å². The Hall–Kier alpha value is -2.33. The highest BCUT2D eigenvalue weighted by Gasteiger charge is 2.62. The summed E-state index contributed by atoms with van der Waals surface area (Å²) in [5, 5.41) is 0.335. The summed E-state index contributed by atoms with van der Waals surface area (Å²) in [6, 6.07) is 20.4. The monoisotopic (exact) mass is 486 g/mol. The molecule has 0 heterocycles. The molecular formula is C31H34O3S. The Morgan fingerprint density at radius 2 is 1.51 bits per heavy atom. The van der Waals surface area contributed by atoms with Crippen molar-refractivity contribution in [1.82, 2.24) is 0 Å². The van der Waals surface area contributed by atoms with Gasteiger partial charge in [0.25, 0.3) is 0 Å². The van der Waals surface area contributed by atoms with Gasteiger partial charge in [-0.05, 0) is 85.1 Å². The lowest BCUT2D eigenvalue weighted by molar-refractivity contribution is -0.132. The van der Waals surface area contributed by atoms with E-state index in [1.165, 1.54) is 10.5 Å². The average molecular weight is 487 g/mol. The van der Waals surface area contributed by atoms with Gasteiger partial charge in [-0.2, -0.15) is 0 Å². The van der Waals surface area contributed by atoms with Gasteiger partial charge in [-0.25, -0.2) is 0 Å². The number of carbonyl (C=O) groups excluding carboxylic acids is 2. The van der Waals surface area contributed by atoms with Crippen LogP contribution in [0.2, 0.25) is 0 Å². The largest absolute Gasteiger partial charge is 0.454 e. The fourth-order valence-corrected chi connectivity index (χ4v) is 9.34. The first-order valence-electron chi connectivity index (χ1n) is 13.1. The number of thioether (sulfide) groups is 1. The van der Waals surface area contributed by atoms with Gasteiger partial charge >= 0.3 is 0 Å². The standard InChI is InChI=1S/C31H34O3S/c1-30-18-16-25(32)29(34-20-9-5-3-6-10-20)24(30)19-26(35-21-11-7-4-8-12-21)28-22-13-14-27(33)31(22,2)17-15-23(28)30/h3-12,22-23,26,28H,13-19H2,1-2H3. The maximum Gasteiger partial charge on any atom is 0.198 e. The molecule has 35 heavy (non-hydrogen) atoms. The minimum absolute atomic E-state index is 0.0522. The second kappa shape index (κ2) is 8.65. The zero-order chi connectivity index (χ0) is 24.2. The number of ether oxygens (including phenoxy) is 1. The molecule has 4 aliphatic rings. The van der Waals surface area contributed by atoms with Crippen LogP contribution in [0.4, 0.5) is 0 Å². The number of hydrogen-bond donors (Lipinski definition) is 0. The van der Waals surface area contributed by atoms with Crippen LogP contribution in [0.1, 0.15) is 58.8 Å². The first-order chi connectivity index (χ1) is 16.9. The van der Waals surface area contributed by atoms with E-state index in [0.717, 1.165) is 44.3 Å². The van der Waals surface area contributed by atoms with E-state index >= 15 is 0 Å². The highest BCUT2D eigenvalue weighted by atomic mass is 32.2. The number of allylic oxidation sites excluding steroid dienone is 1.